The molecule has 0 aliphatic heterocycles. The van der Waals surface area contributed by atoms with Gasteiger partial charge in [0.2, 0.25) is 10.0 Å². The van der Waals surface area contributed by atoms with Crippen LogP contribution in [0, 0.1) is 0 Å². The third-order valence-electron chi connectivity index (χ3n) is 2.86. The maximum atomic E-state index is 12.0. The summed E-state index contributed by atoms with van der Waals surface area (Å²) in [7, 11) is -3.25. The molecule has 19 heavy (non-hydrogen) atoms. The van der Waals surface area contributed by atoms with Crippen LogP contribution in [0.4, 0.5) is 0 Å². The Labute approximate surface area is 116 Å². The number of benzene rings is 1. The SMILES string of the molecule is CCC(NS(=O)(=O)CCNC(C)C)c1ccccc1. The molecule has 1 rings (SSSR count). The van der Waals surface area contributed by atoms with Gasteiger partial charge in [0.05, 0.1) is 5.75 Å². The van der Waals surface area contributed by atoms with Gasteiger partial charge in [-0.3, -0.25) is 0 Å². The van der Waals surface area contributed by atoms with Gasteiger partial charge in [-0.05, 0) is 12.0 Å². The largest absolute Gasteiger partial charge is 0.313 e. The molecule has 0 aliphatic carbocycles. The summed E-state index contributed by atoms with van der Waals surface area (Å²) in [6.45, 7) is 6.45. The first-order chi connectivity index (χ1) is 8.94. The molecule has 1 aromatic carbocycles. The topological polar surface area (TPSA) is 58.2 Å². The summed E-state index contributed by atoms with van der Waals surface area (Å²) in [6, 6.07) is 9.82. The van der Waals surface area contributed by atoms with Gasteiger partial charge in [-0.15, -0.1) is 0 Å². The lowest BCUT2D eigenvalue weighted by atomic mass is 10.1. The van der Waals surface area contributed by atoms with Crippen LogP contribution in [0.3, 0.4) is 0 Å². The van der Waals surface area contributed by atoms with Crippen molar-refractivity contribution in [1.29, 1.82) is 0 Å². The van der Waals surface area contributed by atoms with Crippen LogP contribution >= 0.6 is 0 Å². The predicted octanol–water partition coefficient (Wildman–Crippen LogP) is 2.06. The standard InChI is InChI=1S/C14H24N2O2S/c1-4-14(13-8-6-5-7-9-13)16-19(17,18)11-10-15-12(2)3/h5-9,12,14-16H,4,10-11H2,1-3H3. The second-order valence-electron chi connectivity index (χ2n) is 4.92. The Bertz CT molecular complexity index is 458. The lowest BCUT2D eigenvalue weighted by Gasteiger charge is -2.18. The Morgan fingerprint density at radius 3 is 2.32 bits per heavy atom. The molecule has 0 bridgehead atoms. The summed E-state index contributed by atoms with van der Waals surface area (Å²) in [5, 5.41) is 3.11. The molecule has 0 amide bonds. The average molecular weight is 284 g/mol. The van der Waals surface area contributed by atoms with Crippen molar-refractivity contribution < 1.29 is 8.42 Å². The van der Waals surface area contributed by atoms with E-state index >= 15 is 0 Å². The van der Waals surface area contributed by atoms with Gasteiger partial charge in [-0.2, -0.15) is 0 Å². The van der Waals surface area contributed by atoms with Gasteiger partial charge in [0.15, 0.2) is 0 Å². The Morgan fingerprint density at radius 1 is 1.16 bits per heavy atom. The van der Waals surface area contributed by atoms with Crippen molar-refractivity contribution in [3.05, 3.63) is 35.9 Å². The van der Waals surface area contributed by atoms with E-state index < -0.39 is 10.0 Å². The van der Waals surface area contributed by atoms with Crippen LogP contribution in [0.1, 0.15) is 38.8 Å². The van der Waals surface area contributed by atoms with Gasteiger partial charge in [-0.1, -0.05) is 51.1 Å². The maximum absolute atomic E-state index is 12.0. The minimum absolute atomic E-state index is 0.106. The molecular formula is C14H24N2O2S. The molecule has 108 valence electrons. The van der Waals surface area contributed by atoms with E-state index in [1.54, 1.807) is 0 Å². The molecule has 0 saturated carbocycles. The van der Waals surface area contributed by atoms with Crippen molar-refractivity contribution in [1.82, 2.24) is 10.0 Å². The third-order valence-corrected chi connectivity index (χ3v) is 4.24. The third kappa shape index (κ3) is 6.18. The Kier molecular flexibility index (Phi) is 6.48. The van der Waals surface area contributed by atoms with E-state index in [-0.39, 0.29) is 11.8 Å². The highest BCUT2D eigenvalue weighted by molar-refractivity contribution is 7.89. The molecule has 0 radical (unpaired) electrons. The van der Waals surface area contributed by atoms with E-state index in [4.69, 9.17) is 0 Å². The summed E-state index contributed by atoms with van der Waals surface area (Å²) in [4.78, 5) is 0. The smallest absolute Gasteiger partial charge is 0.213 e. The normalized spacial score (nSPS) is 13.7. The van der Waals surface area contributed by atoms with Crippen LogP contribution in [-0.2, 0) is 10.0 Å². The molecular weight excluding hydrogens is 260 g/mol. The van der Waals surface area contributed by atoms with Crippen LogP contribution in [0.5, 0.6) is 0 Å². The fraction of sp³-hybridized carbons (Fsp3) is 0.571. The maximum Gasteiger partial charge on any atom is 0.213 e. The molecule has 0 aromatic heterocycles. The van der Waals surface area contributed by atoms with E-state index in [1.165, 1.54) is 0 Å². The Hall–Kier alpha value is -0.910. The van der Waals surface area contributed by atoms with E-state index in [2.05, 4.69) is 10.0 Å². The zero-order valence-corrected chi connectivity index (χ0v) is 12.7. The Balaban J connectivity index is 2.60. The minimum Gasteiger partial charge on any atom is -0.313 e. The monoisotopic (exact) mass is 284 g/mol. The molecule has 5 heteroatoms. The second kappa shape index (κ2) is 7.62. The van der Waals surface area contributed by atoms with Crippen molar-refractivity contribution in [2.45, 2.75) is 39.3 Å². The fourth-order valence-corrected chi connectivity index (χ4v) is 3.07. The molecule has 1 atom stereocenters. The molecule has 2 N–H and O–H groups in total. The van der Waals surface area contributed by atoms with Crippen LogP contribution in [0.15, 0.2) is 30.3 Å². The summed E-state index contributed by atoms with van der Waals surface area (Å²) in [5.41, 5.74) is 1.00. The summed E-state index contributed by atoms with van der Waals surface area (Å²) >= 11 is 0. The first kappa shape index (κ1) is 16.1. The average Bonchev–Trinajstić information content (AvgIpc) is 2.36. The highest BCUT2D eigenvalue weighted by Crippen LogP contribution is 2.16. The van der Waals surface area contributed by atoms with Gasteiger partial charge < -0.3 is 5.32 Å². The highest BCUT2D eigenvalue weighted by atomic mass is 32.2. The molecule has 0 heterocycles. The predicted molar refractivity (Wildman–Crippen MR) is 79.5 cm³/mol. The summed E-state index contributed by atoms with van der Waals surface area (Å²) < 4.78 is 26.8. The first-order valence-corrected chi connectivity index (χ1v) is 8.38. The molecule has 0 aliphatic rings. The van der Waals surface area contributed by atoms with E-state index in [1.807, 2.05) is 51.1 Å². The van der Waals surface area contributed by atoms with Crippen molar-refractivity contribution >= 4 is 10.0 Å². The number of hydrogen-bond donors (Lipinski definition) is 2. The van der Waals surface area contributed by atoms with Crippen molar-refractivity contribution in [2.24, 2.45) is 0 Å². The number of sulfonamides is 1. The van der Waals surface area contributed by atoms with E-state index in [0.717, 1.165) is 12.0 Å². The van der Waals surface area contributed by atoms with Crippen LogP contribution in [0.25, 0.3) is 0 Å². The quantitative estimate of drug-likeness (QED) is 0.768. The molecule has 1 aromatic rings. The Morgan fingerprint density at radius 2 is 1.79 bits per heavy atom. The van der Waals surface area contributed by atoms with Crippen LogP contribution in [0.2, 0.25) is 0 Å². The molecule has 1 unspecified atom stereocenters. The first-order valence-electron chi connectivity index (χ1n) is 6.73. The zero-order valence-electron chi connectivity index (χ0n) is 11.9. The van der Waals surface area contributed by atoms with Gasteiger partial charge in [0.25, 0.3) is 0 Å². The molecule has 0 saturated heterocycles. The van der Waals surface area contributed by atoms with E-state index in [0.29, 0.717) is 12.6 Å². The molecule has 4 nitrogen and oxygen atoms in total. The lowest BCUT2D eigenvalue weighted by Crippen LogP contribution is -2.36. The van der Waals surface area contributed by atoms with Gasteiger partial charge in [0.1, 0.15) is 0 Å². The number of rotatable bonds is 8. The summed E-state index contributed by atoms with van der Waals surface area (Å²) in [6.07, 6.45) is 0.737. The highest BCUT2D eigenvalue weighted by Gasteiger charge is 2.17. The van der Waals surface area contributed by atoms with E-state index in [9.17, 15) is 8.42 Å². The van der Waals surface area contributed by atoms with Gasteiger partial charge in [0, 0.05) is 18.6 Å². The minimum atomic E-state index is -3.25. The summed E-state index contributed by atoms with van der Waals surface area (Å²) in [5.74, 6) is 0.106. The van der Waals surface area contributed by atoms with Crippen LogP contribution in [-0.4, -0.2) is 26.8 Å². The van der Waals surface area contributed by atoms with Crippen molar-refractivity contribution in [3.8, 4) is 0 Å². The zero-order chi connectivity index (χ0) is 14.3. The second-order valence-corrected chi connectivity index (χ2v) is 6.79. The fourth-order valence-electron chi connectivity index (χ4n) is 1.83. The lowest BCUT2D eigenvalue weighted by molar-refractivity contribution is 0.542. The number of hydrogen-bond acceptors (Lipinski definition) is 3. The number of nitrogens with one attached hydrogen (secondary N) is 2. The van der Waals surface area contributed by atoms with Gasteiger partial charge in [-0.25, -0.2) is 13.1 Å². The van der Waals surface area contributed by atoms with Crippen molar-refractivity contribution in [2.75, 3.05) is 12.3 Å². The van der Waals surface area contributed by atoms with Crippen LogP contribution < -0.4 is 10.0 Å². The van der Waals surface area contributed by atoms with Crippen molar-refractivity contribution in [3.63, 3.8) is 0 Å². The molecule has 0 spiro atoms. The van der Waals surface area contributed by atoms with Gasteiger partial charge >= 0.3 is 0 Å². The molecule has 0 fully saturated rings.